The van der Waals surface area contributed by atoms with Crippen LogP contribution in [-0.4, -0.2) is 13.7 Å². The highest BCUT2D eigenvalue weighted by molar-refractivity contribution is 6.33. The predicted octanol–water partition coefficient (Wildman–Crippen LogP) is 4.58. The summed E-state index contributed by atoms with van der Waals surface area (Å²) in [5.74, 6) is 1.28. The highest BCUT2D eigenvalue weighted by atomic mass is 35.5. The van der Waals surface area contributed by atoms with E-state index in [4.69, 9.17) is 32.7 Å². The third-order valence-corrected chi connectivity index (χ3v) is 4.17. The summed E-state index contributed by atoms with van der Waals surface area (Å²) >= 11 is 12.2. The van der Waals surface area contributed by atoms with Crippen LogP contribution in [0.1, 0.15) is 11.1 Å². The molecule has 0 fully saturated rings. The van der Waals surface area contributed by atoms with Crippen LogP contribution in [0.25, 0.3) is 0 Å². The van der Waals surface area contributed by atoms with E-state index in [2.05, 4.69) is 5.32 Å². The van der Waals surface area contributed by atoms with Gasteiger partial charge in [-0.25, -0.2) is 4.39 Å². The first kappa shape index (κ1) is 15.4. The average molecular weight is 342 g/mol. The van der Waals surface area contributed by atoms with E-state index in [1.165, 1.54) is 12.1 Å². The lowest BCUT2D eigenvalue weighted by Crippen LogP contribution is -2.07. The van der Waals surface area contributed by atoms with E-state index in [-0.39, 0.29) is 5.02 Å². The summed E-state index contributed by atoms with van der Waals surface area (Å²) in [5, 5.41) is 3.50. The highest BCUT2D eigenvalue weighted by Crippen LogP contribution is 2.41. The Hall–Kier alpha value is -1.49. The molecule has 0 spiro atoms. The predicted molar refractivity (Wildman–Crippen MR) is 84.9 cm³/mol. The fraction of sp³-hybridized carbons (Fsp3) is 0.250. The van der Waals surface area contributed by atoms with Gasteiger partial charge in [0.15, 0.2) is 0 Å². The monoisotopic (exact) mass is 341 g/mol. The van der Waals surface area contributed by atoms with Crippen LogP contribution in [0, 0.1) is 5.82 Å². The quantitative estimate of drug-likeness (QED) is 0.882. The summed E-state index contributed by atoms with van der Waals surface area (Å²) < 4.78 is 25.0. The summed E-state index contributed by atoms with van der Waals surface area (Å²) in [6.07, 6.45) is 0.749. The van der Waals surface area contributed by atoms with E-state index in [1.54, 1.807) is 13.1 Å². The normalized spacial score (nSPS) is 12.9. The van der Waals surface area contributed by atoms with Crippen molar-refractivity contribution in [3.8, 4) is 17.2 Å². The van der Waals surface area contributed by atoms with Crippen LogP contribution in [0.3, 0.4) is 0 Å². The number of hydrogen-bond donors (Lipinski definition) is 1. The minimum absolute atomic E-state index is 0.00969. The van der Waals surface area contributed by atoms with Gasteiger partial charge in [0.2, 0.25) is 0 Å². The first-order valence-corrected chi connectivity index (χ1v) is 7.60. The van der Waals surface area contributed by atoms with Crippen LogP contribution in [0.15, 0.2) is 24.3 Å². The van der Waals surface area contributed by atoms with Gasteiger partial charge in [0, 0.05) is 30.2 Å². The molecule has 0 aliphatic carbocycles. The van der Waals surface area contributed by atoms with Crippen molar-refractivity contribution in [2.24, 2.45) is 0 Å². The molecule has 1 N–H and O–H groups in total. The summed E-state index contributed by atoms with van der Waals surface area (Å²) in [6, 6.07) is 6.39. The Bertz CT molecular complexity index is 722. The van der Waals surface area contributed by atoms with Crippen molar-refractivity contribution >= 4 is 23.2 Å². The molecule has 0 radical (unpaired) electrons. The fourth-order valence-corrected chi connectivity index (χ4v) is 2.85. The van der Waals surface area contributed by atoms with Crippen molar-refractivity contribution in [2.75, 3.05) is 13.7 Å². The number of fused-ring (bicyclic) bond motifs is 1. The lowest BCUT2D eigenvalue weighted by Gasteiger charge is -2.14. The summed E-state index contributed by atoms with van der Waals surface area (Å²) in [4.78, 5) is 0. The van der Waals surface area contributed by atoms with Crippen LogP contribution in [0.2, 0.25) is 10.0 Å². The second-order valence-electron chi connectivity index (χ2n) is 4.96. The molecule has 1 aliphatic rings. The maximum absolute atomic E-state index is 13.6. The van der Waals surface area contributed by atoms with Gasteiger partial charge >= 0.3 is 0 Å². The molecule has 6 heteroatoms. The van der Waals surface area contributed by atoms with Gasteiger partial charge in [0.1, 0.15) is 23.1 Å². The van der Waals surface area contributed by atoms with E-state index >= 15 is 0 Å². The number of hydrogen-bond acceptors (Lipinski definition) is 3. The molecule has 2 aromatic rings. The van der Waals surface area contributed by atoms with E-state index in [0.717, 1.165) is 17.7 Å². The fourth-order valence-electron chi connectivity index (χ4n) is 2.40. The lowest BCUT2D eigenvalue weighted by atomic mass is 10.1. The Morgan fingerprint density at radius 1 is 1.27 bits per heavy atom. The second-order valence-corrected chi connectivity index (χ2v) is 5.74. The second kappa shape index (κ2) is 6.32. The Balaban J connectivity index is 1.98. The Morgan fingerprint density at radius 2 is 2.09 bits per heavy atom. The zero-order chi connectivity index (χ0) is 15.7. The molecule has 3 nitrogen and oxygen atoms in total. The lowest BCUT2D eigenvalue weighted by molar-refractivity contribution is 0.356. The van der Waals surface area contributed by atoms with Gasteiger partial charge in [0.05, 0.1) is 16.7 Å². The van der Waals surface area contributed by atoms with E-state index in [1.807, 2.05) is 6.07 Å². The summed E-state index contributed by atoms with van der Waals surface area (Å²) in [6.45, 7) is 1.07. The van der Waals surface area contributed by atoms with Crippen LogP contribution < -0.4 is 14.8 Å². The van der Waals surface area contributed by atoms with Gasteiger partial charge in [-0.1, -0.05) is 23.2 Å². The third kappa shape index (κ3) is 2.86. The summed E-state index contributed by atoms with van der Waals surface area (Å²) in [7, 11) is 1.77. The number of nitrogens with one attached hydrogen (secondary N) is 1. The third-order valence-electron chi connectivity index (χ3n) is 3.46. The zero-order valence-corrected chi connectivity index (χ0v) is 13.4. The van der Waals surface area contributed by atoms with Crippen molar-refractivity contribution < 1.29 is 13.9 Å². The van der Waals surface area contributed by atoms with Gasteiger partial charge < -0.3 is 14.8 Å². The molecule has 22 heavy (non-hydrogen) atoms. The number of benzene rings is 2. The first-order chi connectivity index (χ1) is 10.6. The molecule has 0 atom stereocenters. The van der Waals surface area contributed by atoms with Gasteiger partial charge in [-0.05, 0) is 25.2 Å². The van der Waals surface area contributed by atoms with E-state index < -0.39 is 5.82 Å². The van der Waals surface area contributed by atoms with Gasteiger partial charge in [-0.3, -0.25) is 0 Å². The van der Waals surface area contributed by atoms with Crippen molar-refractivity contribution in [3.63, 3.8) is 0 Å². The molecule has 1 heterocycles. The first-order valence-electron chi connectivity index (χ1n) is 6.84. The van der Waals surface area contributed by atoms with Gasteiger partial charge in [-0.15, -0.1) is 0 Å². The average Bonchev–Trinajstić information content (AvgIpc) is 2.96. The minimum atomic E-state index is -0.479. The molecule has 0 bridgehead atoms. The Morgan fingerprint density at radius 3 is 2.86 bits per heavy atom. The largest absolute Gasteiger partial charge is 0.493 e. The molecular formula is C16H14Cl2FNO2. The molecule has 0 saturated heterocycles. The van der Waals surface area contributed by atoms with E-state index in [9.17, 15) is 4.39 Å². The van der Waals surface area contributed by atoms with Crippen molar-refractivity contribution in [3.05, 3.63) is 51.3 Å². The SMILES string of the molecule is CNCc1cc(F)c(Cl)cc1Oc1ccc2c(c1Cl)CCO2. The molecular weight excluding hydrogens is 328 g/mol. The smallest absolute Gasteiger partial charge is 0.146 e. The molecule has 1 aliphatic heterocycles. The molecule has 0 saturated carbocycles. The number of ether oxygens (including phenoxy) is 2. The van der Waals surface area contributed by atoms with Crippen molar-refractivity contribution in [2.45, 2.75) is 13.0 Å². The summed E-state index contributed by atoms with van der Waals surface area (Å²) in [5.41, 5.74) is 1.60. The molecule has 0 unspecified atom stereocenters. The Labute approximate surface area is 137 Å². The van der Waals surface area contributed by atoms with E-state index in [0.29, 0.717) is 35.2 Å². The van der Waals surface area contributed by atoms with Crippen LogP contribution >= 0.6 is 23.2 Å². The standard InChI is InChI=1S/C16H14Cl2FNO2/c1-20-8-9-6-12(19)11(17)7-15(9)22-14-3-2-13-10(16(14)18)4-5-21-13/h2-3,6-7,20H,4-5,8H2,1H3. The van der Waals surface area contributed by atoms with Crippen LogP contribution in [0.5, 0.6) is 17.2 Å². The number of halogens is 3. The highest BCUT2D eigenvalue weighted by Gasteiger charge is 2.20. The molecule has 0 aromatic heterocycles. The van der Waals surface area contributed by atoms with Crippen molar-refractivity contribution in [1.29, 1.82) is 0 Å². The van der Waals surface area contributed by atoms with Crippen molar-refractivity contribution in [1.82, 2.24) is 5.32 Å². The van der Waals surface area contributed by atoms with Gasteiger partial charge in [-0.2, -0.15) is 0 Å². The molecule has 3 rings (SSSR count). The molecule has 2 aromatic carbocycles. The zero-order valence-electron chi connectivity index (χ0n) is 11.9. The molecule has 0 amide bonds. The van der Waals surface area contributed by atoms with Crippen LogP contribution in [-0.2, 0) is 13.0 Å². The number of rotatable bonds is 4. The topological polar surface area (TPSA) is 30.5 Å². The Kier molecular flexibility index (Phi) is 4.43. The van der Waals surface area contributed by atoms with Crippen LogP contribution in [0.4, 0.5) is 4.39 Å². The maximum atomic E-state index is 13.6. The maximum Gasteiger partial charge on any atom is 0.146 e. The van der Waals surface area contributed by atoms with Gasteiger partial charge in [0.25, 0.3) is 0 Å². The minimum Gasteiger partial charge on any atom is -0.493 e. The molecule has 116 valence electrons.